The van der Waals surface area contributed by atoms with Crippen molar-refractivity contribution in [1.29, 1.82) is 5.26 Å². The van der Waals surface area contributed by atoms with Crippen molar-refractivity contribution in [3.63, 3.8) is 0 Å². The summed E-state index contributed by atoms with van der Waals surface area (Å²) in [4.78, 5) is 12.4. The van der Waals surface area contributed by atoms with E-state index in [0.717, 1.165) is 10.0 Å². The highest BCUT2D eigenvalue weighted by molar-refractivity contribution is 9.10. The monoisotopic (exact) mass is 516 g/mol. The predicted molar refractivity (Wildman–Crippen MR) is 125 cm³/mol. The van der Waals surface area contributed by atoms with E-state index >= 15 is 0 Å². The number of phenolic OH excluding ortho intramolecular Hbond substituents is 1. The summed E-state index contributed by atoms with van der Waals surface area (Å²) in [6.45, 7) is 0.278. The third-order valence-corrected chi connectivity index (χ3v) is 5.21. The van der Waals surface area contributed by atoms with Crippen LogP contribution in [0.1, 0.15) is 11.1 Å². The number of hydrogen-bond donors (Lipinski definition) is 2. The molecule has 3 aromatic rings. The second kappa shape index (κ2) is 10.4. The van der Waals surface area contributed by atoms with Crippen LogP contribution in [0.5, 0.6) is 11.5 Å². The zero-order valence-corrected chi connectivity index (χ0v) is 19.0. The zero-order chi connectivity index (χ0) is 22.4. The molecule has 0 saturated heterocycles. The number of aromatic hydroxyl groups is 1. The smallest absolute Gasteiger partial charge is 0.266 e. The number of halogens is 3. The molecule has 8 heteroatoms. The molecule has 3 aromatic carbocycles. The lowest BCUT2D eigenvalue weighted by Gasteiger charge is -2.11. The van der Waals surface area contributed by atoms with Gasteiger partial charge >= 0.3 is 0 Å². The fourth-order valence-electron chi connectivity index (χ4n) is 2.60. The van der Waals surface area contributed by atoms with E-state index in [-0.39, 0.29) is 28.0 Å². The second-order valence-corrected chi connectivity index (χ2v) is 8.13. The number of hydrogen-bond acceptors (Lipinski definition) is 4. The van der Waals surface area contributed by atoms with Crippen LogP contribution in [0.4, 0.5) is 5.69 Å². The molecule has 0 bridgehead atoms. The van der Waals surface area contributed by atoms with Crippen LogP contribution in [0.2, 0.25) is 10.0 Å². The predicted octanol–water partition coefficient (Wildman–Crippen LogP) is 6.59. The lowest BCUT2D eigenvalue weighted by Crippen LogP contribution is -2.13. The first-order valence-corrected chi connectivity index (χ1v) is 10.5. The average molecular weight is 518 g/mol. The zero-order valence-electron chi connectivity index (χ0n) is 15.9. The number of carbonyl (C=O) groups is 1. The molecule has 0 spiro atoms. The first-order chi connectivity index (χ1) is 14.9. The summed E-state index contributed by atoms with van der Waals surface area (Å²) in [6, 6.07) is 18.5. The summed E-state index contributed by atoms with van der Waals surface area (Å²) in [7, 11) is 0. The number of phenols is 1. The van der Waals surface area contributed by atoms with Crippen molar-refractivity contribution in [2.45, 2.75) is 6.61 Å². The molecule has 3 rings (SSSR count). The molecule has 0 aliphatic rings. The maximum absolute atomic E-state index is 12.4. The van der Waals surface area contributed by atoms with E-state index in [1.807, 2.05) is 30.3 Å². The lowest BCUT2D eigenvalue weighted by atomic mass is 10.1. The van der Waals surface area contributed by atoms with Gasteiger partial charge in [0.1, 0.15) is 24.0 Å². The van der Waals surface area contributed by atoms with Crippen molar-refractivity contribution in [1.82, 2.24) is 0 Å². The standard InChI is InChI=1S/C23H15BrCl2N2O3/c24-17-3-1-14(2-4-17)13-31-22-20(25)10-15(11-21(22)26)9-16(12-27)23(30)28-18-5-7-19(29)8-6-18/h1-11,29H,13H2,(H,28,30)/b16-9+. The van der Waals surface area contributed by atoms with Crippen LogP contribution in [0.25, 0.3) is 6.08 Å². The first-order valence-electron chi connectivity index (χ1n) is 8.94. The molecule has 1 amide bonds. The van der Waals surface area contributed by atoms with E-state index in [1.165, 1.54) is 30.3 Å². The Bertz CT molecular complexity index is 1150. The third kappa shape index (κ3) is 6.25. The van der Waals surface area contributed by atoms with Gasteiger partial charge in [0.25, 0.3) is 5.91 Å². The Labute approximate surface area is 197 Å². The number of ether oxygens (including phenoxy) is 1. The van der Waals surface area contributed by atoms with E-state index in [1.54, 1.807) is 12.1 Å². The quantitative estimate of drug-likeness (QED) is 0.219. The number of nitriles is 1. The van der Waals surface area contributed by atoms with Gasteiger partial charge in [-0.05, 0) is 65.7 Å². The Morgan fingerprint density at radius 2 is 1.71 bits per heavy atom. The molecule has 31 heavy (non-hydrogen) atoms. The van der Waals surface area contributed by atoms with Crippen LogP contribution in [0, 0.1) is 11.3 Å². The van der Waals surface area contributed by atoms with Gasteiger partial charge in [0.2, 0.25) is 0 Å². The average Bonchev–Trinajstić information content (AvgIpc) is 2.74. The minimum Gasteiger partial charge on any atom is -0.508 e. The van der Waals surface area contributed by atoms with Gasteiger partial charge in [0.15, 0.2) is 5.75 Å². The van der Waals surface area contributed by atoms with Gasteiger partial charge in [-0.2, -0.15) is 5.26 Å². The van der Waals surface area contributed by atoms with Crippen LogP contribution < -0.4 is 10.1 Å². The summed E-state index contributed by atoms with van der Waals surface area (Å²) in [5.41, 5.74) is 1.72. The summed E-state index contributed by atoms with van der Waals surface area (Å²) in [5, 5.41) is 21.8. The normalized spacial score (nSPS) is 11.0. The van der Waals surface area contributed by atoms with Crippen molar-refractivity contribution in [3.8, 4) is 17.6 Å². The molecule has 0 fully saturated rings. The Morgan fingerprint density at radius 1 is 1.10 bits per heavy atom. The van der Waals surface area contributed by atoms with Gasteiger partial charge in [-0.3, -0.25) is 4.79 Å². The van der Waals surface area contributed by atoms with E-state index < -0.39 is 5.91 Å². The highest BCUT2D eigenvalue weighted by atomic mass is 79.9. The lowest BCUT2D eigenvalue weighted by molar-refractivity contribution is -0.112. The molecule has 5 nitrogen and oxygen atoms in total. The molecule has 0 saturated carbocycles. The van der Waals surface area contributed by atoms with Crippen molar-refractivity contribution >= 4 is 56.8 Å². The molecule has 0 radical (unpaired) electrons. The number of rotatable bonds is 6. The number of nitrogens with zero attached hydrogens (tertiary/aromatic N) is 1. The molecule has 0 aliphatic heterocycles. The van der Waals surface area contributed by atoms with E-state index in [9.17, 15) is 15.2 Å². The maximum atomic E-state index is 12.4. The number of nitrogens with one attached hydrogen (secondary N) is 1. The molecule has 156 valence electrons. The maximum Gasteiger partial charge on any atom is 0.266 e. The highest BCUT2D eigenvalue weighted by Crippen LogP contribution is 2.35. The van der Waals surface area contributed by atoms with Crippen LogP contribution in [0.15, 0.2) is 70.7 Å². The van der Waals surface area contributed by atoms with Crippen LogP contribution in [-0.2, 0) is 11.4 Å². The molecule has 0 aromatic heterocycles. The molecule has 2 N–H and O–H groups in total. The molecule has 0 unspecified atom stereocenters. The summed E-state index contributed by atoms with van der Waals surface area (Å²) in [5.74, 6) is -0.216. The second-order valence-electron chi connectivity index (χ2n) is 6.40. The highest BCUT2D eigenvalue weighted by Gasteiger charge is 2.13. The van der Waals surface area contributed by atoms with Crippen LogP contribution in [0.3, 0.4) is 0 Å². The van der Waals surface area contributed by atoms with Crippen LogP contribution in [-0.4, -0.2) is 11.0 Å². The van der Waals surface area contributed by atoms with E-state index in [2.05, 4.69) is 21.2 Å². The molecular formula is C23H15BrCl2N2O3. The fourth-order valence-corrected chi connectivity index (χ4v) is 3.47. The topological polar surface area (TPSA) is 82.3 Å². The molecule has 0 heterocycles. The Hall–Kier alpha value is -2.98. The van der Waals surface area contributed by atoms with Crippen molar-refractivity contribution in [2.24, 2.45) is 0 Å². The van der Waals surface area contributed by atoms with Crippen molar-refractivity contribution < 1.29 is 14.6 Å². The first kappa shape index (κ1) is 22.7. The Balaban J connectivity index is 1.76. The van der Waals surface area contributed by atoms with Gasteiger partial charge in [0, 0.05) is 10.2 Å². The van der Waals surface area contributed by atoms with Gasteiger partial charge in [-0.25, -0.2) is 0 Å². The summed E-state index contributed by atoms with van der Waals surface area (Å²) >= 11 is 16.0. The molecule has 0 aliphatic carbocycles. The number of anilines is 1. The van der Waals surface area contributed by atoms with Crippen molar-refractivity contribution in [2.75, 3.05) is 5.32 Å². The molecular weight excluding hydrogens is 503 g/mol. The number of carbonyl (C=O) groups excluding carboxylic acids is 1. The fraction of sp³-hybridized carbons (Fsp3) is 0.0435. The minimum atomic E-state index is -0.601. The van der Waals surface area contributed by atoms with Gasteiger partial charge < -0.3 is 15.2 Å². The van der Waals surface area contributed by atoms with Gasteiger partial charge in [-0.15, -0.1) is 0 Å². The summed E-state index contributed by atoms with van der Waals surface area (Å²) in [6.07, 6.45) is 1.38. The van der Waals surface area contributed by atoms with E-state index in [0.29, 0.717) is 17.0 Å². The largest absolute Gasteiger partial charge is 0.508 e. The summed E-state index contributed by atoms with van der Waals surface area (Å²) < 4.78 is 6.72. The molecule has 0 atom stereocenters. The van der Waals surface area contributed by atoms with Crippen LogP contribution >= 0.6 is 39.1 Å². The third-order valence-electron chi connectivity index (χ3n) is 4.12. The number of amides is 1. The van der Waals surface area contributed by atoms with Gasteiger partial charge in [-0.1, -0.05) is 51.3 Å². The van der Waals surface area contributed by atoms with E-state index in [4.69, 9.17) is 27.9 Å². The van der Waals surface area contributed by atoms with Gasteiger partial charge in [0.05, 0.1) is 10.0 Å². The van der Waals surface area contributed by atoms with Crippen molar-refractivity contribution in [3.05, 3.63) is 91.9 Å². The number of benzene rings is 3. The SMILES string of the molecule is N#C/C(=C\c1cc(Cl)c(OCc2ccc(Br)cc2)c(Cl)c1)C(=O)Nc1ccc(O)cc1. The minimum absolute atomic E-state index is 0.0702. The Morgan fingerprint density at radius 3 is 2.29 bits per heavy atom. The Kier molecular flexibility index (Phi) is 7.59.